The third-order valence-electron chi connectivity index (χ3n) is 3.11. The Morgan fingerprint density at radius 1 is 1.27 bits per heavy atom. The molecule has 2 rings (SSSR count). The topological polar surface area (TPSA) is 54.9 Å². The van der Waals surface area contributed by atoms with Crippen LogP contribution in [0.3, 0.4) is 0 Å². The summed E-state index contributed by atoms with van der Waals surface area (Å²) in [4.78, 5) is 25.4. The molecule has 0 spiro atoms. The van der Waals surface area contributed by atoms with E-state index in [2.05, 4.69) is 4.98 Å². The van der Waals surface area contributed by atoms with E-state index in [4.69, 9.17) is 0 Å². The van der Waals surface area contributed by atoms with E-state index in [1.165, 1.54) is 36.1 Å². The third kappa shape index (κ3) is 2.37. The minimum absolute atomic E-state index is 0.190. The standard InChI is InChI=1S/C11H16N2O2/c14-10-6-7-12-11(15)13(10)8-9-4-2-1-3-5-9/h6-7,9H,1-5,8H2,(H,12,15). The van der Waals surface area contributed by atoms with E-state index < -0.39 is 0 Å². The van der Waals surface area contributed by atoms with Crippen molar-refractivity contribution in [2.45, 2.75) is 38.6 Å². The number of hydrogen-bond donors (Lipinski definition) is 1. The number of aromatic nitrogens is 2. The van der Waals surface area contributed by atoms with Crippen LogP contribution >= 0.6 is 0 Å². The van der Waals surface area contributed by atoms with Crippen molar-refractivity contribution in [1.82, 2.24) is 9.55 Å². The molecule has 0 atom stereocenters. The Morgan fingerprint density at radius 3 is 2.67 bits per heavy atom. The lowest BCUT2D eigenvalue weighted by atomic mass is 9.89. The summed E-state index contributed by atoms with van der Waals surface area (Å²) in [6.07, 6.45) is 7.43. The predicted molar refractivity (Wildman–Crippen MR) is 57.9 cm³/mol. The zero-order valence-corrected chi connectivity index (χ0v) is 8.74. The molecular formula is C11H16N2O2. The minimum atomic E-state index is -0.284. The fraction of sp³-hybridized carbons (Fsp3) is 0.636. The molecule has 1 aromatic rings. The average Bonchev–Trinajstić information content (AvgIpc) is 2.25. The summed E-state index contributed by atoms with van der Waals surface area (Å²) in [6.45, 7) is 0.578. The number of nitrogens with one attached hydrogen (secondary N) is 1. The van der Waals surface area contributed by atoms with Crippen molar-refractivity contribution in [3.63, 3.8) is 0 Å². The van der Waals surface area contributed by atoms with E-state index in [1.807, 2.05) is 0 Å². The molecule has 4 heteroatoms. The van der Waals surface area contributed by atoms with Crippen LogP contribution in [0.25, 0.3) is 0 Å². The van der Waals surface area contributed by atoms with E-state index >= 15 is 0 Å². The maximum Gasteiger partial charge on any atom is 0.328 e. The summed E-state index contributed by atoms with van der Waals surface area (Å²) in [5.74, 6) is 0.500. The molecule has 0 bridgehead atoms. The molecule has 1 saturated carbocycles. The SMILES string of the molecule is O=c1cc[nH]c(=O)n1CC1CCCCC1. The van der Waals surface area contributed by atoms with Crippen LogP contribution in [0.15, 0.2) is 21.9 Å². The first kappa shape index (κ1) is 10.2. The highest BCUT2D eigenvalue weighted by Gasteiger charge is 2.15. The zero-order valence-electron chi connectivity index (χ0n) is 8.74. The lowest BCUT2D eigenvalue weighted by molar-refractivity contribution is 0.311. The van der Waals surface area contributed by atoms with Crippen molar-refractivity contribution >= 4 is 0 Å². The average molecular weight is 208 g/mol. The van der Waals surface area contributed by atoms with Crippen LogP contribution in [0.5, 0.6) is 0 Å². The van der Waals surface area contributed by atoms with Gasteiger partial charge in [-0.15, -0.1) is 0 Å². The Labute approximate surface area is 88.0 Å². The van der Waals surface area contributed by atoms with Gasteiger partial charge in [-0.05, 0) is 18.8 Å². The van der Waals surface area contributed by atoms with Crippen LogP contribution in [-0.2, 0) is 6.54 Å². The summed E-state index contributed by atoms with van der Waals surface area (Å²) in [5, 5.41) is 0. The van der Waals surface area contributed by atoms with Crippen molar-refractivity contribution in [3.8, 4) is 0 Å². The van der Waals surface area contributed by atoms with Crippen molar-refractivity contribution in [1.29, 1.82) is 0 Å². The molecule has 0 amide bonds. The van der Waals surface area contributed by atoms with Gasteiger partial charge in [0.2, 0.25) is 0 Å². The number of aromatic amines is 1. The lowest BCUT2D eigenvalue weighted by Crippen LogP contribution is -2.36. The zero-order chi connectivity index (χ0) is 10.7. The predicted octanol–water partition coefficient (Wildman–Crippen LogP) is 1.12. The summed E-state index contributed by atoms with van der Waals surface area (Å²) < 4.78 is 1.32. The van der Waals surface area contributed by atoms with E-state index in [1.54, 1.807) is 0 Å². The van der Waals surface area contributed by atoms with Gasteiger partial charge >= 0.3 is 5.69 Å². The van der Waals surface area contributed by atoms with Gasteiger partial charge in [0, 0.05) is 18.8 Å². The molecule has 1 fully saturated rings. The largest absolute Gasteiger partial charge is 0.328 e. The molecule has 0 saturated heterocycles. The fourth-order valence-corrected chi connectivity index (χ4v) is 2.25. The number of hydrogen-bond acceptors (Lipinski definition) is 2. The molecule has 1 aromatic heterocycles. The van der Waals surface area contributed by atoms with Crippen LogP contribution in [0.4, 0.5) is 0 Å². The Balaban J connectivity index is 2.16. The molecule has 1 aliphatic rings. The van der Waals surface area contributed by atoms with Crippen molar-refractivity contribution in [2.75, 3.05) is 0 Å². The molecular weight excluding hydrogens is 192 g/mol. The Bertz CT molecular complexity index is 398. The third-order valence-corrected chi connectivity index (χ3v) is 3.11. The van der Waals surface area contributed by atoms with Gasteiger partial charge in [-0.1, -0.05) is 19.3 Å². The first-order valence-corrected chi connectivity index (χ1v) is 5.56. The van der Waals surface area contributed by atoms with Gasteiger partial charge in [-0.2, -0.15) is 0 Å². The van der Waals surface area contributed by atoms with Crippen molar-refractivity contribution in [3.05, 3.63) is 33.1 Å². The first-order valence-electron chi connectivity index (χ1n) is 5.56. The smallest absolute Gasteiger partial charge is 0.314 e. The molecule has 4 nitrogen and oxygen atoms in total. The first-order chi connectivity index (χ1) is 7.27. The number of rotatable bonds is 2. The van der Waals surface area contributed by atoms with Gasteiger partial charge in [0.15, 0.2) is 0 Å². The second kappa shape index (κ2) is 4.47. The number of nitrogens with zero attached hydrogens (tertiary/aromatic N) is 1. The number of H-pyrrole nitrogens is 1. The van der Waals surface area contributed by atoms with Gasteiger partial charge in [0.1, 0.15) is 0 Å². The quantitative estimate of drug-likeness (QED) is 0.791. The molecule has 1 heterocycles. The molecule has 0 aromatic carbocycles. The minimum Gasteiger partial charge on any atom is -0.314 e. The van der Waals surface area contributed by atoms with E-state index in [0.717, 1.165) is 12.8 Å². The maximum absolute atomic E-state index is 11.5. The van der Waals surface area contributed by atoms with Crippen LogP contribution in [-0.4, -0.2) is 9.55 Å². The molecule has 1 N–H and O–H groups in total. The monoisotopic (exact) mass is 208 g/mol. The maximum atomic E-state index is 11.5. The summed E-state index contributed by atoms with van der Waals surface area (Å²) in [6, 6.07) is 1.41. The fourth-order valence-electron chi connectivity index (χ4n) is 2.25. The normalized spacial score (nSPS) is 17.9. The highest BCUT2D eigenvalue weighted by Crippen LogP contribution is 2.24. The highest BCUT2D eigenvalue weighted by atomic mass is 16.2. The second-order valence-electron chi connectivity index (χ2n) is 4.24. The van der Waals surface area contributed by atoms with E-state index in [0.29, 0.717) is 12.5 Å². The molecule has 82 valence electrons. The van der Waals surface area contributed by atoms with Crippen LogP contribution in [0, 0.1) is 5.92 Å². The highest BCUT2D eigenvalue weighted by molar-refractivity contribution is 4.83. The Kier molecular flexibility index (Phi) is 3.04. The van der Waals surface area contributed by atoms with Crippen LogP contribution in [0.1, 0.15) is 32.1 Å². The Hall–Kier alpha value is -1.32. The van der Waals surface area contributed by atoms with E-state index in [-0.39, 0.29) is 11.2 Å². The summed E-state index contributed by atoms with van der Waals surface area (Å²) in [7, 11) is 0. The molecule has 15 heavy (non-hydrogen) atoms. The molecule has 0 aliphatic heterocycles. The summed E-state index contributed by atoms with van der Waals surface area (Å²) >= 11 is 0. The van der Waals surface area contributed by atoms with Gasteiger partial charge in [-0.25, -0.2) is 4.79 Å². The van der Waals surface area contributed by atoms with Gasteiger partial charge in [0.05, 0.1) is 0 Å². The summed E-state index contributed by atoms with van der Waals surface area (Å²) in [5.41, 5.74) is -0.475. The second-order valence-corrected chi connectivity index (χ2v) is 4.24. The van der Waals surface area contributed by atoms with E-state index in [9.17, 15) is 9.59 Å². The van der Waals surface area contributed by atoms with Gasteiger partial charge in [-0.3, -0.25) is 9.36 Å². The lowest BCUT2D eigenvalue weighted by Gasteiger charge is -2.21. The molecule has 1 aliphatic carbocycles. The van der Waals surface area contributed by atoms with Gasteiger partial charge < -0.3 is 4.98 Å². The van der Waals surface area contributed by atoms with Crippen molar-refractivity contribution < 1.29 is 0 Å². The molecule has 0 unspecified atom stereocenters. The molecule has 0 radical (unpaired) electrons. The van der Waals surface area contributed by atoms with Crippen molar-refractivity contribution in [2.24, 2.45) is 5.92 Å². The Morgan fingerprint density at radius 2 is 2.00 bits per heavy atom. The van der Waals surface area contributed by atoms with Crippen LogP contribution in [0.2, 0.25) is 0 Å². The van der Waals surface area contributed by atoms with Crippen LogP contribution < -0.4 is 11.2 Å². The van der Waals surface area contributed by atoms with Gasteiger partial charge in [0.25, 0.3) is 5.56 Å².